The Morgan fingerprint density at radius 3 is 2.81 bits per heavy atom. The van der Waals surface area contributed by atoms with E-state index in [4.69, 9.17) is 4.98 Å². The lowest BCUT2D eigenvalue weighted by molar-refractivity contribution is 0.177. The van der Waals surface area contributed by atoms with Gasteiger partial charge in [0.05, 0.1) is 5.69 Å². The molecule has 1 heterocycles. The molecule has 1 aliphatic carbocycles. The molecule has 1 aromatic rings. The van der Waals surface area contributed by atoms with Crippen molar-refractivity contribution < 1.29 is 0 Å². The van der Waals surface area contributed by atoms with Gasteiger partial charge in [-0.15, -0.1) is 11.3 Å². The van der Waals surface area contributed by atoms with Crippen molar-refractivity contribution in [2.24, 2.45) is 5.92 Å². The first-order valence-corrected chi connectivity index (χ1v) is 9.45. The number of hydrogen-bond donors (Lipinski definition) is 1. The van der Waals surface area contributed by atoms with Crippen LogP contribution >= 0.6 is 11.3 Å². The van der Waals surface area contributed by atoms with E-state index in [1.54, 1.807) is 11.3 Å². The Hall–Kier alpha value is -0.450. The minimum atomic E-state index is 0.786. The molecule has 21 heavy (non-hydrogen) atoms. The Bertz CT molecular complexity index is 396. The third-order valence-electron chi connectivity index (χ3n) is 4.33. The van der Waals surface area contributed by atoms with E-state index < -0.39 is 0 Å². The molecule has 0 spiro atoms. The van der Waals surface area contributed by atoms with Gasteiger partial charge in [0.15, 0.2) is 0 Å². The molecular weight excluding hydrogens is 278 g/mol. The zero-order valence-corrected chi connectivity index (χ0v) is 14.7. The predicted molar refractivity (Wildman–Crippen MR) is 91.6 cm³/mol. The summed E-state index contributed by atoms with van der Waals surface area (Å²) in [7, 11) is 0. The van der Waals surface area contributed by atoms with Gasteiger partial charge in [0.2, 0.25) is 0 Å². The number of rotatable bonds is 9. The van der Waals surface area contributed by atoms with Crippen molar-refractivity contribution in [3.8, 4) is 0 Å². The third kappa shape index (κ3) is 5.68. The molecule has 0 bridgehead atoms. The van der Waals surface area contributed by atoms with Crippen LogP contribution < -0.4 is 5.32 Å². The zero-order chi connectivity index (χ0) is 15.1. The fourth-order valence-corrected chi connectivity index (χ4v) is 3.78. The lowest BCUT2D eigenvalue weighted by Gasteiger charge is -2.28. The molecular formula is C17H31N3S. The first kappa shape index (κ1) is 16.9. The van der Waals surface area contributed by atoms with E-state index in [1.165, 1.54) is 49.4 Å². The molecule has 0 aromatic carbocycles. The van der Waals surface area contributed by atoms with Gasteiger partial charge in [0.1, 0.15) is 5.01 Å². The Morgan fingerprint density at radius 1 is 1.38 bits per heavy atom. The summed E-state index contributed by atoms with van der Waals surface area (Å²) >= 11 is 1.80. The minimum absolute atomic E-state index is 0.786. The molecule has 1 saturated carbocycles. The van der Waals surface area contributed by atoms with Gasteiger partial charge in [-0.1, -0.05) is 33.6 Å². The topological polar surface area (TPSA) is 28.2 Å². The number of aromatic nitrogens is 1. The van der Waals surface area contributed by atoms with Crippen LogP contribution in [0.1, 0.15) is 63.6 Å². The maximum atomic E-state index is 4.80. The van der Waals surface area contributed by atoms with Gasteiger partial charge in [0, 0.05) is 24.5 Å². The SMILES string of the molecule is CCNCc1nc(CN(CCC(C)C)C2CCCC2)cs1. The molecule has 0 unspecified atom stereocenters. The van der Waals surface area contributed by atoms with E-state index in [1.807, 2.05) is 0 Å². The van der Waals surface area contributed by atoms with Gasteiger partial charge in [-0.3, -0.25) is 4.90 Å². The van der Waals surface area contributed by atoms with E-state index >= 15 is 0 Å². The van der Waals surface area contributed by atoms with Crippen molar-refractivity contribution >= 4 is 11.3 Å². The monoisotopic (exact) mass is 309 g/mol. The average Bonchev–Trinajstić information content (AvgIpc) is 3.12. The predicted octanol–water partition coefficient (Wildman–Crippen LogP) is 4.04. The van der Waals surface area contributed by atoms with Crippen molar-refractivity contribution in [1.29, 1.82) is 0 Å². The van der Waals surface area contributed by atoms with Crippen molar-refractivity contribution in [2.75, 3.05) is 13.1 Å². The zero-order valence-electron chi connectivity index (χ0n) is 13.9. The van der Waals surface area contributed by atoms with Gasteiger partial charge in [0.25, 0.3) is 0 Å². The van der Waals surface area contributed by atoms with Crippen molar-refractivity contribution in [3.63, 3.8) is 0 Å². The van der Waals surface area contributed by atoms with Crippen molar-refractivity contribution in [2.45, 2.75) is 72.0 Å². The van der Waals surface area contributed by atoms with Crippen LogP contribution in [-0.4, -0.2) is 29.0 Å². The third-order valence-corrected chi connectivity index (χ3v) is 5.22. The summed E-state index contributed by atoms with van der Waals surface area (Å²) in [5.41, 5.74) is 1.27. The normalized spacial score (nSPS) is 16.4. The van der Waals surface area contributed by atoms with Crippen LogP contribution in [-0.2, 0) is 13.1 Å². The van der Waals surface area contributed by atoms with Crippen molar-refractivity contribution in [3.05, 3.63) is 16.1 Å². The second-order valence-electron chi connectivity index (χ2n) is 6.60. The summed E-state index contributed by atoms with van der Waals surface area (Å²) in [4.78, 5) is 7.49. The van der Waals surface area contributed by atoms with Gasteiger partial charge >= 0.3 is 0 Å². The van der Waals surface area contributed by atoms with Crippen molar-refractivity contribution in [1.82, 2.24) is 15.2 Å². The largest absolute Gasteiger partial charge is 0.311 e. The first-order valence-electron chi connectivity index (χ1n) is 8.57. The van der Waals surface area contributed by atoms with E-state index in [0.717, 1.165) is 31.6 Å². The summed E-state index contributed by atoms with van der Waals surface area (Å²) in [5.74, 6) is 0.786. The lowest BCUT2D eigenvalue weighted by atomic mass is 10.1. The number of hydrogen-bond acceptors (Lipinski definition) is 4. The van der Waals surface area contributed by atoms with E-state index in [9.17, 15) is 0 Å². The molecule has 1 N–H and O–H groups in total. The summed E-state index contributed by atoms with van der Waals surface area (Å²) in [6.07, 6.45) is 6.88. The first-order chi connectivity index (χ1) is 10.2. The summed E-state index contributed by atoms with van der Waals surface area (Å²) in [6, 6.07) is 0.794. The van der Waals surface area contributed by atoms with Crippen LogP contribution in [0.4, 0.5) is 0 Å². The van der Waals surface area contributed by atoms with Crippen LogP contribution in [0.15, 0.2) is 5.38 Å². The quantitative estimate of drug-likeness (QED) is 0.746. The highest BCUT2D eigenvalue weighted by Gasteiger charge is 2.23. The molecule has 1 aliphatic rings. The van der Waals surface area contributed by atoms with Gasteiger partial charge in [-0.05, 0) is 38.3 Å². The summed E-state index contributed by atoms with van der Waals surface area (Å²) in [6.45, 7) is 11.0. The average molecular weight is 310 g/mol. The van der Waals surface area contributed by atoms with Crippen LogP contribution in [0, 0.1) is 5.92 Å². The summed E-state index contributed by atoms with van der Waals surface area (Å²) in [5, 5.41) is 6.84. The second kappa shape index (κ2) is 8.86. The van der Waals surface area contributed by atoms with Crippen LogP contribution in [0.25, 0.3) is 0 Å². The van der Waals surface area contributed by atoms with E-state index in [-0.39, 0.29) is 0 Å². The second-order valence-corrected chi connectivity index (χ2v) is 7.55. The molecule has 1 fully saturated rings. The molecule has 3 nitrogen and oxygen atoms in total. The fraction of sp³-hybridized carbons (Fsp3) is 0.824. The molecule has 0 amide bonds. The van der Waals surface area contributed by atoms with E-state index in [2.05, 4.69) is 36.4 Å². The number of nitrogens with one attached hydrogen (secondary N) is 1. The lowest BCUT2D eigenvalue weighted by Crippen LogP contribution is -2.34. The van der Waals surface area contributed by atoms with Gasteiger partial charge in [-0.25, -0.2) is 4.98 Å². The standard InChI is InChI=1S/C17H31N3S/c1-4-18-11-17-19-15(13-21-17)12-20(10-9-14(2)3)16-7-5-6-8-16/h13-14,16,18H,4-12H2,1-3H3. The highest BCUT2D eigenvalue weighted by atomic mass is 32.1. The minimum Gasteiger partial charge on any atom is -0.311 e. The molecule has 1 aromatic heterocycles. The van der Waals surface area contributed by atoms with Crippen LogP contribution in [0.3, 0.4) is 0 Å². The highest BCUT2D eigenvalue weighted by molar-refractivity contribution is 7.09. The smallest absolute Gasteiger partial charge is 0.107 e. The molecule has 0 radical (unpaired) electrons. The molecule has 0 aliphatic heterocycles. The number of thiazole rings is 1. The Labute approximate surface area is 134 Å². The van der Waals surface area contributed by atoms with E-state index in [0.29, 0.717) is 0 Å². The summed E-state index contributed by atoms with van der Waals surface area (Å²) < 4.78 is 0. The molecule has 4 heteroatoms. The molecule has 0 atom stereocenters. The van der Waals surface area contributed by atoms with Gasteiger partial charge < -0.3 is 5.32 Å². The van der Waals surface area contributed by atoms with Crippen LogP contribution in [0.2, 0.25) is 0 Å². The Morgan fingerprint density at radius 2 is 2.14 bits per heavy atom. The van der Waals surface area contributed by atoms with Crippen LogP contribution in [0.5, 0.6) is 0 Å². The molecule has 120 valence electrons. The highest BCUT2D eigenvalue weighted by Crippen LogP contribution is 2.26. The van der Waals surface area contributed by atoms with Gasteiger partial charge in [-0.2, -0.15) is 0 Å². The maximum Gasteiger partial charge on any atom is 0.107 e. The molecule has 0 saturated heterocycles. The Kier molecular flexibility index (Phi) is 7.14. The Balaban J connectivity index is 1.91. The maximum absolute atomic E-state index is 4.80. The molecule has 2 rings (SSSR count). The fourth-order valence-electron chi connectivity index (χ4n) is 3.03. The number of nitrogens with zero attached hydrogens (tertiary/aromatic N) is 2.